The number of rotatable bonds is 3. The summed E-state index contributed by atoms with van der Waals surface area (Å²) in [5.41, 5.74) is 4.36. The third kappa shape index (κ3) is 3.35. The highest BCUT2D eigenvalue weighted by atomic mass is 16.3. The lowest BCUT2D eigenvalue weighted by Gasteiger charge is -2.09. The molecule has 7 aromatic rings. The molecular weight excluding hydrogens is 430 g/mol. The second kappa shape index (κ2) is 7.89. The molecule has 2 heterocycles. The van der Waals surface area contributed by atoms with Gasteiger partial charge < -0.3 is 4.42 Å². The number of para-hydroxylation sites is 2. The average molecular weight is 450 g/mol. The Morgan fingerprint density at radius 1 is 0.457 bits per heavy atom. The van der Waals surface area contributed by atoms with Crippen molar-refractivity contribution in [3.8, 4) is 34.2 Å². The number of aromatic nitrogens is 3. The van der Waals surface area contributed by atoms with Crippen molar-refractivity contribution >= 4 is 32.7 Å². The van der Waals surface area contributed by atoms with Gasteiger partial charge in [-0.05, 0) is 29.0 Å². The van der Waals surface area contributed by atoms with E-state index in [-0.39, 0.29) is 0 Å². The van der Waals surface area contributed by atoms with E-state index in [1.165, 1.54) is 5.39 Å². The second-order valence-corrected chi connectivity index (χ2v) is 8.51. The molecule has 0 aliphatic heterocycles. The lowest BCUT2D eigenvalue weighted by atomic mass is 10.1. The molecule has 0 radical (unpaired) electrons. The van der Waals surface area contributed by atoms with Gasteiger partial charge in [0, 0.05) is 21.9 Å². The van der Waals surface area contributed by atoms with Crippen molar-refractivity contribution in [3.05, 3.63) is 115 Å². The zero-order valence-electron chi connectivity index (χ0n) is 18.7. The van der Waals surface area contributed by atoms with Crippen molar-refractivity contribution < 1.29 is 4.42 Å². The molecule has 0 aliphatic carbocycles. The van der Waals surface area contributed by atoms with E-state index in [0.29, 0.717) is 17.5 Å². The Balaban J connectivity index is 1.49. The molecule has 0 atom stereocenters. The molecule has 5 aromatic carbocycles. The molecule has 0 amide bonds. The van der Waals surface area contributed by atoms with E-state index in [4.69, 9.17) is 19.4 Å². The van der Waals surface area contributed by atoms with Crippen LogP contribution in [0.5, 0.6) is 0 Å². The molecule has 0 spiro atoms. The topological polar surface area (TPSA) is 51.8 Å². The van der Waals surface area contributed by atoms with Gasteiger partial charge in [0.25, 0.3) is 0 Å². The summed E-state index contributed by atoms with van der Waals surface area (Å²) in [6.45, 7) is 0. The number of fused-ring (bicyclic) bond motifs is 4. The largest absolute Gasteiger partial charge is 0.455 e. The minimum absolute atomic E-state index is 0.590. The van der Waals surface area contributed by atoms with Crippen LogP contribution in [-0.2, 0) is 0 Å². The van der Waals surface area contributed by atoms with Gasteiger partial charge >= 0.3 is 0 Å². The predicted octanol–water partition coefficient (Wildman–Crippen LogP) is 7.93. The van der Waals surface area contributed by atoms with Crippen molar-refractivity contribution in [2.24, 2.45) is 0 Å². The van der Waals surface area contributed by atoms with E-state index < -0.39 is 0 Å². The van der Waals surface area contributed by atoms with E-state index in [0.717, 1.165) is 44.0 Å². The first-order chi connectivity index (χ1) is 17.3. The summed E-state index contributed by atoms with van der Waals surface area (Å²) in [5.74, 6) is 1.85. The van der Waals surface area contributed by atoms with Crippen molar-refractivity contribution in [1.29, 1.82) is 0 Å². The van der Waals surface area contributed by atoms with Crippen LogP contribution in [0.1, 0.15) is 0 Å². The second-order valence-electron chi connectivity index (χ2n) is 8.51. The van der Waals surface area contributed by atoms with E-state index in [1.807, 2.05) is 72.8 Å². The van der Waals surface area contributed by atoms with E-state index in [1.54, 1.807) is 0 Å². The minimum atomic E-state index is 0.590. The van der Waals surface area contributed by atoms with Gasteiger partial charge in [-0.25, -0.2) is 15.0 Å². The quantitative estimate of drug-likeness (QED) is 0.275. The van der Waals surface area contributed by atoms with Gasteiger partial charge in [-0.1, -0.05) is 97.1 Å². The molecule has 4 nitrogen and oxygen atoms in total. The van der Waals surface area contributed by atoms with E-state index in [9.17, 15) is 0 Å². The van der Waals surface area contributed by atoms with Crippen LogP contribution in [0.15, 0.2) is 120 Å². The number of hydrogen-bond donors (Lipinski definition) is 0. The molecule has 0 saturated heterocycles. The monoisotopic (exact) mass is 449 g/mol. The van der Waals surface area contributed by atoms with Crippen molar-refractivity contribution in [3.63, 3.8) is 0 Å². The van der Waals surface area contributed by atoms with Gasteiger partial charge in [-0.2, -0.15) is 0 Å². The van der Waals surface area contributed by atoms with Crippen LogP contribution in [0.3, 0.4) is 0 Å². The molecule has 164 valence electrons. The third-order valence-electron chi connectivity index (χ3n) is 6.32. The smallest absolute Gasteiger partial charge is 0.167 e. The Morgan fingerprint density at radius 2 is 1.14 bits per heavy atom. The van der Waals surface area contributed by atoms with Crippen molar-refractivity contribution in [2.45, 2.75) is 0 Å². The lowest BCUT2D eigenvalue weighted by molar-refractivity contribution is 0.669. The highest BCUT2D eigenvalue weighted by Gasteiger charge is 2.17. The number of nitrogens with zero attached hydrogens (tertiary/aromatic N) is 3. The van der Waals surface area contributed by atoms with Crippen molar-refractivity contribution in [2.75, 3.05) is 0 Å². The van der Waals surface area contributed by atoms with Gasteiger partial charge in [0.1, 0.15) is 11.2 Å². The summed E-state index contributed by atoms with van der Waals surface area (Å²) in [6, 6.07) is 38.8. The summed E-state index contributed by atoms with van der Waals surface area (Å²) in [7, 11) is 0. The van der Waals surface area contributed by atoms with Gasteiger partial charge in [-0.15, -0.1) is 0 Å². The van der Waals surface area contributed by atoms with E-state index >= 15 is 0 Å². The third-order valence-corrected chi connectivity index (χ3v) is 6.32. The van der Waals surface area contributed by atoms with Gasteiger partial charge in [0.05, 0.1) is 5.56 Å². The van der Waals surface area contributed by atoms with Crippen LogP contribution in [-0.4, -0.2) is 15.0 Å². The highest BCUT2D eigenvalue weighted by Crippen LogP contribution is 2.35. The zero-order valence-corrected chi connectivity index (χ0v) is 18.7. The summed E-state index contributed by atoms with van der Waals surface area (Å²) < 4.78 is 6.29. The summed E-state index contributed by atoms with van der Waals surface area (Å²) >= 11 is 0. The highest BCUT2D eigenvalue weighted by molar-refractivity contribution is 6.09. The Morgan fingerprint density at radius 3 is 2.03 bits per heavy atom. The molecule has 2 aromatic heterocycles. The molecule has 4 heteroatoms. The molecule has 35 heavy (non-hydrogen) atoms. The van der Waals surface area contributed by atoms with Gasteiger partial charge in [-0.3, -0.25) is 0 Å². The fourth-order valence-electron chi connectivity index (χ4n) is 4.59. The van der Waals surface area contributed by atoms with Crippen LogP contribution in [0.2, 0.25) is 0 Å². The molecule has 0 bridgehead atoms. The predicted molar refractivity (Wildman–Crippen MR) is 141 cm³/mol. The number of benzene rings is 5. The molecule has 7 rings (SSSR count). The fourth-order valence-corrected chi connectivity index (χ4v) is 4.59. The zero-order chi connectivity index (χ0) is 23.2. The Kier molecular flexibility index (Phi) is 4.42. The molecule has 0 unspecified atom stereocenters. The molecule has 0 aliphatic rings. The average Bonchev–Trinajstić information content (AvgIpc) is 3.32. The minimum Gasteiger partial charge on any atom is -0.455 e. The van der Waals surface area contributed by atoms with Crippen LogP contribution in [0.4, 0.5) is 0 Å². The van der Waals surface area contributed by atoms with Crippen LogP contribution >= 0.6 is 0 Å². The number of furan rings is 1. The lowest BCUT2D eigenvalue weighted by Crippen LogP contribution is -2.00. The Labute approximate surface area is 201 Å². The molecule has 0 saturated carbocycles. The summed E-state index contributed by atoms with van der Waals surface area (Å²) in [5, 5.41) is 4.46. The SMILES string of the molecule is c1ccc(-c2nc(-c3ccc4ccccc4c3)nc(-c3cccc4c3oc3ccccc34)n2)cc1. The molecule has 0 fully saturated rings. The normalized spacial score (nSPS) is 11.4. The fraction of sp³-hybridized carbons (Fsp3) is 0. The summed E-state index contributed by atoms with van der Waals surface area (Å²) in [4.78, 5) is 14.7. The standard InChI is InChI=1S/C31H19N3O/c1-2-10-21(11-3-1)29-32-30(23-18-17-20-9-4-5-12-22(20)19-23)34-31(33-29)26-15-8-14-25-24-13-6-7-16-27(24)35-28(25)26/h1-19H. The molecule has 0 N–H and O–H groups in total. The Hall–Kier alpha value is -4.83. The number of hydrogen-bond acceptors (Lipinski definition) is 4. The van der Waals surface area contributed by atoms with Gasteiger partial charge in [0.15, 0.2) is 17.5 Å². The van der Waals surface area contributed by atoms with Gasteiger partial charge in [0.2, 0.25) is 0 Å². The van der Waals surface area contributed by atoms with Crippen molar-refractivity contribution in [1.82, 2.24) is 15.0 Å². The van der Waals surface area contributed by atoms with E-state index in [2.05, 4.69) is 42.5 Å². The first kappa shape index (κ1) is 19.6. The van der Waals surface area contributed by atoms with Crippen LogP contribution in [0, 0.1) is 0 Å². The first-order valence-corrected chi connectivity index (χ1v) is 11.5. The maximum absolute atomic E-state index is 6.29. The first-order valence-electron chi connectivity index (χ1n) is 11.5. The Bertz CT molecular complexity index is 1850. The van der Waals surface area contributed by atoms with Crippen LogP contribution in [0.25, 0.3) is 66.9 Å². The maximum atomic E-state index is 6.29. The maximum Gasteiger partial charge on any atom is 0.167 e. The van der Waals surface area contributed by atoms with Crippen LogP contribution < -0.4 is 0 Å². The summed E-state index contributed by atoms with van der Waals surface area (Å²) in [6.07, 6.45) is 0. The molecular formula is C31H19N3O.